The third kappa shape index (κ3) is 1.63. The average molecular weight is 280 g/mol. The van der Waals surface area contributed by atoms with Crippen LogP contribution < -0.4 is 5.32 Å². The summed E-state index contributed by atoms with van der Waals surface area (Å²) < 4.78 is 0. The SMILES string of the molecule is O=C(NC1(c2ccccn2)CC1)C1=NN=C2C1CC1CC21. The minimum Gasteiger partial charge on any atom is -0.340 e. The van der Waals surface area contributed by atoms with Crippen LogP contribution in [0.5, 0.6) is 0 Å². The van der Waals surface area contributed by atoms with Crippen LogP contribution in [-0.2, 0) is 10.3 Å². The molecule has 0 saturated heterocycles. The second-order valence-electron chi connectivity index (χ2n) is 6.65. The molecule has 3 fully saturated rings. The molecule has 0 spiro atoms. The van der Waals surface area contributed by atoms with Crippen LogP contribution in [0.15, 0.2) is 34.6 Å². The van der Waals surface area contributed by atoms with E-state index in [-0.39, 0.29) is 17.4 Å². The third-order valence-electron chi connectivity index (χ3n) is 5.29. The number of hydrogen-bond donors (Lipinski definition) is 1. The second-order valence-corrected chi connectivity index (χ2v) is 6.65. The summed E-state index contributed by atoms with van der Waals surface area (Å²) in [5, 5.41) is 11.6. The number of aromatic nitrogens is 1. The van der Waals surface area contributed by atoms with Crippen LogP contribution in [0.4, 0.5) is 0 Å². The number of amides is 1. The molecule has 5 rings (SSSR count). The van der Waals surface area contributed by atoms with E-state index in [1.807, 2.05) is 18.2 Å². The maximum absolute atomic E-state index is 12.6. The van der Waals surface area contributed by atoms with Gasteiger partial charge in [-0.25, -0.2) is 0 Å². The predicted molar refractivity (Wildman–Crippen MR) is 77.9 cm³/mol. The summed E-state index contributed by atoms with van der Waals surface area (Å²) in [4.78, 5) is 17.0. The molecule has 5 heteroatoms. The van der Waals surface area contributed by atoms with Gasteiger partial charge in [0.1, 0.15) is 5.71 Å². The molecular formula is C16H16N4O. The third-order valence-corrected chi connectivity index (χ3v) is 5.29. The number of fused-ring (bicyclic) bond motifs is 3. The summed E-state index contributed by atoms with van der Waals surface area (Å²) in [6.45, 7) is 0. The molecule has 5 nitrogen and oxygen atoms in total. The van der Waals surface area contributed by atoms with Crippen LogP contribution in [0.3, 0.4) is 0 Å². The number of carbonyl (C=O) groups excluding carboxylic acids is 1. The van der Waals surface area contributed by atoms with Gasteiger partial charge in [-0.15, -0.1) is 5.10 Å². The first kappa shape index (κ1) is 11.6. The molecule has 3 atom stereocenters. The molecule has 1 aromatic heterocycles. The van der Waals surface area contributed by atoms with Crippen molar-refractivity contribution >= 4 is 17.3 Å². The fourth-order valence-electron chi connectivity index (χ4n) is 3.83. The molecule has 1 amide bonds. The monoisotopic (exact) mass is 280 g/mol. The predicted octanol–water partition coefficient (Wildman–Crippen LogP) is 1.65. The Morgan fingerprint density at radius 3 is 2.90 bits per heavy atom. The van der Waals surface area contributed by atoms with E-state index in [1.54, 1.807) is 6.20 Å². The Morgan fingerprint density at radius 2 is 2.14 bits per heavy atom. The minimum absolute atomic E-state index is 0.0526. The van der Waals surface area contributed by atoms with Crippen LogP contribution in [0.1, 0.15) is 31.4 Å². The van der Waals surface area contributed by atoms with Gasteiger partial charge in [0.2, 0.25) is 0 Å². The van der Waals surface area contributed by atoms with Gasteiger partial charge in [0.25, 0.3) is 5.91 Å². The molecule has 0 aromatic carbocycles. The van der Waals surface area contributed by atoms with E-state index in [9.17, 15) is 4.79 Å². The Morgan fingerprint density at radius 1 is 1.24 bits per heavy atom. The zero-order valence-electron chi connectivity index (χ0n) is 11.6. The lowest BCUT2D eigenvalue weighted by Crippen LogP contribution is -2.42. The molecule has 3 saturated carbocycles. The second kappa shape index (κ2) is 3.78. The van der Waals surface area contributed by atoms with Crippen molar-refractivity contribution in [1.29, 1.82) is 0 Å². The molecule has 21 heavy (non-hydrogen) atoms. The van der Waals surface area contributed by atoms with Gasteiger partial charge in [-0.3, -0.25) is 9.78 Å². The van der Waals surface area contributed by atoms with E-state index in [4.69, 9.17) is 0 Å². The van der Waals surface area contributed by atoms with Crippen LogP contribution >= 0.6 is 0 Å². The van der Waals surface area contributed by atoms with Crippen LogP contribution in [0.2, 0.25) is 0 Å². The molecule has 106 valence electrons. The summed E-state index contributed by atoms with van der Waals surface area (Å²) in [6.07, 6.45) is 5.99. The molecule has 1 N–H and O–H groups in total. The Bertz CT molecular complexity index is 689. The number of rotatable bonds is 3. The fourth-order valence-corrected chi connectivity index (χ4v) is 3.83. The summed E-state index contributed by atoms with van der Waals surface area (Å²) in [6, 6.07) is 5.84. The van der Waals surface area contributed by atoms with Crippen molar-refractivity contribution in [2.24, 2.45) is 28.0 Å². The van der Waals surface area contributed by atoms with Crippen LogP contribution in [0, 0.1) is 17.8 Å². The highest BCUT2D eigenvalue weighted by Crippen LogP contribution is 2.54. The Balaban J connectivity index is 1.35. The first-order chi connectivity index (χ1) is 10.3. The highest BCUT2D eigenvalue weighted by Gasteiger charge is 2.56. The summed E-state index contributed by atoms with van der Waals surface area (Å²) in [5.41, 5.74) is 2.46. The van der Waals surface area contributed by atoms with Gasteiger partial charge in [0.05, 0.1) is 16.9 Å². The molecular weight excluding hydrogens is 264 g/mol. The van der Waals surface area contributed by atoms with Crippen molar-refractivity contribution in [2.45, 2.75) is 31.2 Å². The van der Waals surface area contributed by atoms with Gasteiger partial charge in [0.15, 0.2) is 0 Å². The lowest BCUT2D eigenvalue weighted by atomic mass is 9.95. The van der Waals surface area contributed by atoms with Gasteiger partial charge in [-0.2, -0.15) is 5.10 Å². The summed E-state index contributed by atoms with van der Waals surface area (Å²) in [5.74, 6) is 1.52. The molecule has 0 radical (unpaired) electrons. The number of hydrogen-bond acceptors (Lipinski definition) is 4. The molecule has 0 bridgehead atoms. The van der Waals surface area contributed by atoms with Crippen molar-refractivity contribution in [3.05, 3.63) is 30.1 Å². The molecule has 3 unspecified atom stereocenters. The average Bonchev–Trinajstić information content (AvgIpc) is 3.38. The quantitative estimate of drug-likeness (QED) is 0.915. The smallest absolute Gasteiger partial charge is 0.269 e. The summed E-state index contributed by atoms with van der Waals surface area (Å²) in [7, 11) is 0. The summed E-state index contributed by atoms with van der Waals surface area (Å²) >= 11 is 0. The number of pyridine rings is 1. The van der Waals surface area contributed by atoms with Gasteiger partial charge >= 0.3 is 0 Å². The first-order valence-electron chi connectivity index (χ1n) is 7.66. The molecule has 1 aliphatic heterocycles. The van der Waals surface area contributed by atoms with Crippen molar-refractivity contribution in [2.75, 3.05) is 0 Å². The Hall–Kier alpha value is -2.04. The normalized spacial score (nSPS) is 33.6. The Kier molecular flexibility index (Phi) is 2.09. The Labute approximate surface area is 122 Å². The highest BCUT2D eigenvalue weighted by atomic mass is 16.2. The van der Waals surface area contributed by atoms with E-state index >= 15 is 0 Å². The fraction of sp³-hybridized carbons (Fsp3) is 0.500. The van der Waals surface area contributed by atoms with E-state index in [0.29, 0.717) is 11.6 Å². The molecule has 4 aliphatic rings. The molecule has 2 heterocycles. The van der Waals surface area contributed by atoms with Crippen molar-refractivity contribution in [3.63, 3.8) is 0 Å². The topological polar surface area (TPSA) is 66.7 Å². The maximum Gasteiger partial charge on any atom is 0.269 e. The lowest BCUT2D eigenvalue weighted by Gasteiger charge is -2.18. The van der Waals surface area contributed by atoms with E-state index in [2.05, 4.69) is 20.5 Å². The highest BCUT2D eigenvalue weighted by molar-refractivity contribution is 6.45. The standard InChI is InChI=1S/C16H16N4O/c21-15(14-11-8-9-7-10(9)13(11)19-20-14)18-16(4-5-16)12-3-1-2-6-17-12/h1-3,6,9-11H,4-5,7-8H2,(H,18,21). The minimum atomic E-state index is -0.273. The first-order valence-corrected chi connectivity index (χ1v) is 7.66. The lowest BCUT2D eigenvalue weighted by molar-refractivity contribution is -0.116. The van der Waals surface area contributed by atoms with Gasteiger partial charge in [-0.1, -0.05) is 6.07 Å². The van der Waals surface area contributed by atoms with Crippen molar-refractivity contribution in [1.82, 2.24) is 10.3 Å². The number of carbonyl (C=O) groups is 1. The van der Waals surface area contributed by atoms with Crippen LogP contribution in [0.25, 0.3) is 0 Å². The van der Waals surface area contributed by atoms with Crippen LogP contribution in [-0.4, -0.2) is 22.3 Å². The number of nitrogens with one attached hydrogen (secondary N) is 1. The molecule has 3 aliphatic carbocycles. The zero-order valence-corrected chi connectivity index (χ0v) is 11.6. The maximum atomic E-state index is 12.6. The van der Waals surface area contributed by atoms with E-state index < -0.39 is 0 Å². The van der Waals surface area contributed by atoms with Gasteiger partial charge in [-0.05, 0) is 43.7 Å². The molecule has 1 aromatic rings. The van der Waals surface area contributed by atoms with Crippen molar-refractivity contribution < 1.29 is 4.79 Å². The van der Waals surface area contributed by atoms with Gasteiger partial charge in [0, 0.05) is 18.0 Å². The van der Waals surface area contributed by atoms with E-state index in [0.717, 1.165) is 36.6 Å². The van der Waals surface area contributed by atoms with E-state index in [1.165, 1.54) is 6.42 Å². The van der Waals surface area contributed by atoms with Crippen molar-refractivity contribution in [3.8, 4) is 0 Å². The zero-order chi connectivity index (χ0) is 14.0. The van der Waals surface area contributed by atoms with Gasteiger partial charge < -0.3 is 5.32 Å². The number of nitrogens with zero attached hydrogens (tertiary/aromatic N) is 3. The largest absolute Gasteiger partial charge is 0.340 e.